The first-order chi connectivity index (χ1) is 12.8. The van der Waals surface area contributed by atoms with Crippen LogP contribution in [-0.4, -0.2) is 0 Å². The van der Waals surface area contributed by atoms with E-state index in [1.807, 2.05) is 0 Å². The monoisotopic (exact) mass is 334 g/mol. The van der Waals surface area contributed by atoms with Gasteiger partial charge in [0.15, 0.2) is 0 Å². The standard InChI is InChI=1S/C25H20N/c1-17-15-16-18-9-3-4-10-19(18)24(17)25-20-11-5-7-13-22(20)26(2)23-14-8-6-12-21(23)25/h3-16H,1-2H3/q+1. The van der Waals surface area contributed by atoms with Crippen LogP contribution in [0.4, 0.5) is 0 Å². The van der Waals surface area contributed by atoms with E-state index in [4.69, 9.17) is 0 Å². The van der Waals surface area contributed by atoms with Crippen LogP contribution in [0.15, 0.2) is 84.9 Å². The van der Waals surface area contributed by atoms with Gasteiger partial charge in [0, 0.05) is 17.7 Å². The Morgan fingerprint density at radius 2 is 1.08 bits per heavy atom. The highest BCUT2D eigenvalue weighted by Crippen LogP contribution is 2.39. The molecule has 0 saturated heterocycles. The Morgan fingerprint density at radius 1 is 0.538 bits per heavy atom. The lowest BCUT2D eigenvalue weighted by atomic mass is 9.89. The number of pyridine rings is 1. The van der Waals surface area contributed by atoms with Crippen molar-refractivity contribution >= 4 is 32.6 Å². The second-order valence-corrected chi connectivity index (χ2v) is 6.95. The van der Waals surface area contributed by atoms with Gasteiger partial charge >= 0.3 is 0 Å². The molecule has 0 atom stereocenters. The van der Waals surface area contributed by atoms with Crippen molar-refractivity contribution in [3.05, 3.63) is 90.5 Å². The Hall–Kier alpha value is -3.19. The molecule has 1 nitrogen and oxygen atoms in total. The van der Waals surface area contributed by atoms with Crippen molar-refractivity contribution < 1.29 is 4.57 Å². The number of rotatable bonds is 1. The van der Waals surface area contributed by atoms with E-state index in [1.54, 1.807) is 0 Å². The third-order valence-electron chi connectivity index (χ3n) is 5.46. The van der Waals surface area contributed by atoms with Gasteiger partial charge < -0.3 is 0 Å². The van der Waals surface area contributed by atoms with E-state index in [9.17, 15) is 0 Å². The first-order valence-corrected chi connectivity index (χ1v) is 9.04. The Morgan fingerprint density at radius 3 is 1.73 bits per heavy atom. The fourth-order valence-electron chi connectivity index (χ4n) is 4.21. The average molecular weight is 334 g/mol. The third-order valence-corrected chi connectivity index (χ3v) is 5.46. The van der Waals surface area contributed by atoms with Gasteiger partial charge in [-0.1, -0.05) is 60.7 Å². The molecule has 0 saturated carbocycles. The summed E-state index contributed by atoms with van der Waals surface area (Å²) in [7, 11) is 2.16. The van der Waals surface area contributed by atoms with Crippen LogP contribution in [-0.2, 0) is 7.05 Å². The van der Waals surface area contributed by atoms with Gasteiger partial charge in [0.25, 0.3) is 0 Å². The maximum absolute atomic E-state index is 2.30. The zero-order valence-electron chi connectivity index (χ0n) is 15.0. The molecule has 0 radical (unpaired) electrons. The van der Waals surface area contributed by atoms with E-state index in [2.05, 4.69) is 103 Å². The summed E-state index contributed by atoms with van der Waals surface area (Å²) in [4.78, 5) is 0. The van der Waals surface area contributed by atoms with Gasteiger partial charge in [0.1, 0.15) is 7.05 Å². The Bertz CT molecular complexity index is 1240. The highest BCUT2D eigenvalue weighted by Gasteiger charge is 2.20. The van der Waals surface area contributed by atoms with Crippen LogP contribution in [0.1, 0.15) is 5.56 Å². The lowest BCUT2D eigenvalue weighted by Gasteiger charge is -2.15. The van der Waals surface area contributed by atoms with E-state index in [0.717, 1.165) is 0 Å². The molecule has 124 valence electrons. The largest absolute Gasteiger partial charge is 0.213 e. The van der Waals surface area contributed by atoms with Gasteiger partial charge in [-0.3, -0.25) is 0 Å². The molecule has 0 bridgehead atoms. The molecule has 1 heteroatoms. The van der Waals surface area contributed by atoms with E-state index in [-0.39, 0.29) is 0 Å². The molecule has 0 aliphatic heterocycles. The Balaban J connectivity index is 2.09. The van der Waals surface area contributed by atoms with E-state index in [0.29, 0.717) is 0 Å². The van der Waals surface area contributed by atoms with Crippen LogP contribution in [0.3, 0.4) is 0 Å². The Kier molecular flexibility index (Phi) is 3.29. The number of benzene rings is 4. The van der Waals surface area contributed by atoms with Gasteiger partial charge in [0.2, 0.25) is 11.0 Å². The minimum atomic E-state index is 1.26. The number of hydrogen-bond acceptors (Lipinski definition) is 0. The first-order valence-electron chi connectivity index (χ1n) is 9.04. The summed E-state index contributed by atoms with van der Waals surface area (Å²) < 4.78 is 2.30. The molecule has 0 amide bonds. The molecule has 26 heavy (non-hydrogen) atoms. The summed E-state index contributed by atoms with van der Waals surface area (Å²) in [6.07, 6.45) is 0. The molecule has 5 aromatic rings. The summed E-state index contributed by atoms with van der Waals surface area (Å²) in [6.45, 7) is 2.22. The SMILES string of the molecule is Cc1ccc2ccccc2c1-c1c2ccccc2[n+](C)c2ccccc12. The van der Waals surface area contributed by atoms with Gasteiger partial charge in [0.05, 0.1) is 10.8 Å². The summed E-state index contributed by atoms with van der Waals surface area (Å²) in [5, 5.41) is 5.20. The molecule has 0 spiro atoms. The molecule has 1 heterocycles. The predicted octanol–water partition coefficient (Wildman–Crippen LogP) is 5.95. The number of nitrogens with zero attached hydrogens (tertiary/aromatic N) is 1. The Labute approximate surface area is 153 Å². The van der Waals surface area contributed by atoms with Crippen LogP contribution >= 0.6 is 0 Å². The van der Waals surface area contributed by atoms with E-state index >= 15 is 0 Å². The van der Waals surface area contributed by atoms with Crippen LogP contribution in [0.25, 0.3) is 43.7 Å². The van der Waals surface area contributed by atoms with Crippen molar-refractivity contribution in [3.63, 3.8) is 0 Å². The summed E-state index contributed by atoms with van der Waals surface area (Å²) in [5.74, 6) is 0. The molecule has 1 aromatic heterocycles. The summed E-state index contributed by atoms with van der Waals surface area (Å²) >= 11 is 0. The number of aromatic nitrogens is 1. The molecule has 5 rings (SSSR count). The van der Waals surface area contributed by atoms with Gasteiger partial charge in [-0.25, -0.2) is 0 Å². The highest BCUT2D eigenvalue weighted by atomic mass is 14.9. The topological polar surface area (TPSA) is 3.88 Å². The van der Waals surface area contributed by atoms with Crippen LogP contribution in [0.5, 0.6) is 0 Å². The van der Waals surface area contributed by atoms with Crippen LogP contribution in [0.2, 0.25) is 0 Å². The predicted molar refractivity (Wildman–Crippen MR) is 110 cm³/mol. The smallest absolute Gasteiger partial charge is 0.194 e. The maximum Gasteiger partial charge on any atom is 0.213 e. The second kappa shape index (κ2) is 5.67. The zero-order chi connectivity index (χ0) is 17.7. The maximum atomic E-state index is 2.30. The van der Waals surface area contributed by atoms with Crippen molar-refractivity contribution in [3.8, 4) is 11.1 Å². The van der Waals surface area contributed by atoms with Crippen LogP contribution < -0.4 is 4.57 Å². The van der Waals surface area contributed by atoms with Crippen molar-refractivity contribution in [1.29, 1.82) is 0 Å². The number of fused-ring (bicyclic) bond motifs is 3. The van der Waals surface area contributed by atoms with Crippen molar-refractivity contribution in [2.45, 2.75) is 6.92 Å². The lowest BCUT2D eigenvalue weighted by molar-refractivity contribution is -0.617. The minimum absolute atomic E-state index is 1.26. The summed E-state index contributed by atoms with van der Waals surface area (Å²) in [5.41, 5.74) is 6.51. The van der Waals surface area contributed by atoms with E-state index < -0.39 is 0 Å². The average Bonchev–Trinajstić information content (AvgIpc) is 2.70. The minimum Gasteiger partial charge on any atom is -0.194 e. The fourth-order valence-corrected chi connectivity index (χ4v) is 4.21. The number of aryl methyl sites for hydroxylation is 2. The van der Waals surface area contributed by atoms with Crippen molar-refractivity contribution in [2.75, 3.05) is 0 Å². The fraction of sp³-hybridized carbons (Fsp3) is 0.0800. The van der Waals surface area contributed by atoms with Crippen molar-refractivity contribution in [1.82, 2.24) is 0 Å². The summed E-state index contributed by atoms with van der Waals surface area (Å²) in [6, 6.07) is 30.6. The molecule has 0 aliphatic rings. The zero-order valence-corrected chi connectivity index (χ0v) is 15.0. The molecular weight excluding hydrogens is 314 g/mol. The molecule has 0 unspecified atom stereocenters. The molecule has 0 fully saturated rings. The lowest BCUT2D eigenvalue weighted by Crippen LogP contribution is -2.30. The molecular formula is C25H20N+. The molecule has 0 N–H and O–H groups in total. The molecule has 4 aromatic carbocycles. The number of hydrogen-bond donors (Lipinski definition) is 0. The normalized spacial score (nSPS) is 11.5. The highest BCUT2D eigenvalue weighted by molar-refractivity contribution is 6.13. The van der Waals surface area contributed by atoms with Crippen molar-refractivity contribution in [2.24, 2.45) is 7.05 Å². The van der Waals surface area contributed by atoms with Crippen LogP contribution in [0, 0.1) is 6.92 Å². The third kappa shape index (κ3) is 2.07. The number of para-hydroxylation sites is 2. The quantitative estimate of drug-likeness (QED) is 0.263. The first kappa shape index (κ1) is 15.1. The second-order valence-electron chi connectivity index (χ2n) is 6.95. The van der Waals surface area contributed by atoms with E-state index in [1.165, 1.54) is 49.3 Å². The van der Waals surface area contributed by atoms with Gasteiger partial charge in [-0.2, -0.15) is 4.57 Å². The van der Waals surface area contributed by atoms with Gasteiger partial charge in [-0.15, -0.1) is 0 Å². The molecule has 0 aliphatic carbocycles. The van der Waals surface area contributed by atoms with Gasteiger partial charge in [-0.05, 0) is 41.0 Å².